The fourth-order valence-corrected chi connectivity index (χ4v) is 2.86. The van der Waals surface area contributed by atoms with Gasteiger partial charge in [-0.1, -0.05) is 48.0 Å². The molecule has 2 aromatic rings. The Kier molecular flexibility index (Phi) is 5.46. The number of nitrogens with one attached hydrogen (secondary N) is 1. The van der Waals surface area contributed by atoms with E-state index in [-0.39, 0.29) is 24.5 Å². The molecular formula is C20H22N2O3. The number of carbonyl (C=O) groups excluding carboxylic acids is 2. The van der Waals surface area contributed by atoms with Crippen LogP contribution in [0.3, 0.4) is 0 Å². The first-order valence-corrected chi connectivity index (χ1v) is 8.40. The molecule has 5 heteroatoms. The molecule has 0 saturated carbocycles. The second-order valence-corrected chi connectivity index (χ2v) is 6.27. The molecule has 2 amide bonds. The predicted octanol–water partition coefficient (Wildman–Crippen LogP) is 2.15. The second-order valence-electron chi connectivity index (χ2n) is 6.27. The third-order valence-corrected chi connectivity index (χ3v) is 4.21. The Labute approximate surface area is 147 Å². The highest BCUT2D eigenvalue weighted by Gasteiger charge is 2.26. The van der Waals surface area contributed by atoms with Crippen LogP contribution in [0.15, 0.2) is 54.6 Å². The number of hydrogen-bond acceptors (Lipinski definition) is 3. The van der Waals surface area contributed by atoms with Crippen molar-refractivity contribution in [3.63, 3.8) is 0 Å². The lowest BCUT2D eigenvalue weighted by Gasteiger charge is -2.33. The van der Waals surface area contributed by atoms with Crippen molar-refractivity contribution in [2.24, 2.45) is 0 Å². The van der Waals surface area contributed by atoms with E-state index in [1.807, 2.05) is 55.5 Å². The summed E-state index contributed by atoms with van der Waals surface area (Å²) in [4.78, 5) is 26.1. The van der Waals surface area contributed by atoms with Crippen molar-refractivity contribution in [3.8, 4) is 0 Å². The summed E-state index contributed by atoms with van der Waals surface area (Å²) >= 11 is 0. The molecule has 0 spiro atoms. The smallest absolute Gasteiger partial charge is 0.251 e. The molecule has 25 heavy (non-hydrogen) atoms. The molecule has 0 bridgehead atoms. The molecule has 1 unspecified atom stereocenters. The van der Waals surface area contributed by atoms with E-state index >= 15 is 0 Å². The molecule has 0 radical (unpaired) electrons. The van der Waals surface area contributed by atoms with Crippen LogP contribution in [0.5, 0.6) is 0 Å². The van der Waals surface area contributed by atoms with E-state index in [0.29, 0.717) is 25.2 Å². The van der Waals surface area contributed by atoms with Gasteiger partial charge >= 0.3 is 0 Å². The third kappa shape index (κ3) is 4.67. The molecule has 0 aliphatic carbocycles. The van der Waals surface area contributed by atoms with Crippen molar-refractivity contribution in [1.29, 1.82) is 0 Å². The van der Waals surface area contributed by atoms with Crippen LogP contribution in [0.2, 0.25) is 0 Å². The predicted molar refractivity (Wildman–Crippen MR) is 95.1 cm³/mol. The molecule has 0 aromatic heterocycles. The zero-order valence-electron chi connectivity index (χ0n) is 14.3. The van der Waals surface area contributed by atoms with Crippen LogP contribution in [0.25, 0.3) is 0 Å². The van der Waals surface area contributed by atoms with Crippen molar-refractivity contribution >= 4 is 11.8 Å². The molecule has 1 atom stereocenters. The van der Waals surface area contributed by atoms with Crippen LogP contribution in [-0.4, -0.2) is 42.5 Å². The fourth-order valence-electron chi connectivity index (χ4n) is 2.86. The van der Waals surface area contributed by atoms with Crippen LogP contribution in [-0.2, 0) is 16.1 Å². The standard InChI is InChI=1S/C20H22N2O3/c1-15-6-5-9-17(10-15)20(24)21-11-18-13-22(19(23)14-25-18)12-16-7-3-2-4-8-16/h2-10,18H,11-14H2,1H3,(H,21,24). The number of nitrogens with zero attached hydrogens (tertiary/aromatic N) is 1. The van der Waals surface area contributed by atoms with Gasteiger partial charge in [0.05, 0.1) is 6.10 Å². The molecule has 2 aromatic carbocycles. The van der Waals surface area contributed by atoms with Crippen molar-refractivity contribution in [1.82, 2.24) is 10.2 Å². The maximum atomic E-state index is 12.2. The first kappa shape index (κ1) is 17.2. The van der Waals surface area contributed by atoms with Gasteiger partial charge in [-0.25, -0.2) is 0 Å². The van der Waals surface area contributed by atoms with Gasteiger partial charge in [0.2, 0.25) is 5.91 Å². The van der Waals surface area contributed by atoms with Gasteiger partial charge in [-0.15, -0.1) is 0 Å². The number of amides is 2. The summed E-state index contributed by atoms with van der Waals surface area (Å²) in [7, 11) is 0. The highest BCUT2D eigenvalue weighted by atomic mass is 16.5. The van der Waals surface area contributed by atoms with Crippen molar-refractivity contribution in [2.75, 3.05) is 19.7 Å². The summed E-state index contributed by atoms with van der Waals surface area (Å²) in [5.74, 6) is -0.149. The Morgan fingerprint density at radius 1 is 1.20 bits per heavy atom. The summed E-state index contributed by atoms with van der Waals surface area (Å²) in [6.45, 7) is 3.42. The number of benzene rings is 2. The lowest BCUT2D eigenvalue weighted by atomic mass is 10.1. The average Bonchev–Trinajstić information content (AvgIpc) is 2.63. The maximum absolute atomic E-state index is 12.2. The van der Waals surface area contributed by atoms with Crippen LogP contribution in [0.1, 0.15) is 21.5 Å². The van der Waals surface area contributed by atoms with Gasteiger partial charge in [0.25, 0.3) is 5.91 Å². The van der Waals surface area contributed by atoms with Crippen molar-refractivity contribution < 1.29 is 14.3 Å². The lowest BCUT2D eigenvalue weighted by Crippen LogP contribution is -2.50. The van der Waals surface area contributed by atoms with Gasteiger partial charge in [0.15, 0.2) is 0 Å². The SMILES string of the molecule is Cc1cccc(C(=O)NCC2CN(Cc3ccccc3)C(=O)CO2)c1. The van der Waals surface area contributed by atoms with Crippen LogP contribution in [0.4, 0.5) is 0 Å². The molecule has 130 valence electrons. The normalized spacial score (nSPS) is 17.4. The van der Waals surface area contributed by atoms with Crippen molar-refractivity contribution in [2.45, 2.75) is 19.6 Å². The van der Waals surface area contributed by atoms with E-state index in [1.54, 1.807) is 11.0 Å². The highest BCUT2D eigenvalue weighted by Crippen LogP contribution is 2.11. The van der Waals surface area contributed by atoms with Crippen molar-refractivity contribution in [3.05, 3.63) is 71.3 Å². The molecule has 1 saturated heterocycles. The van der Waals surface area contributed by atoms with Gasteiger partial charge in [0, 0.05) is 25.2 Å². The van der Waals surface area contributed by atoms with Gasteiger partial charge in [0.1, 0.15) is 6.61 Å². The Morgan fingerprint density at radius 2 is 2.00 bits per heavy atom. The molecule has 1 N–H and O–H groups in total. The van der Waals surface area contributed by atoms with Gasteiger partial charge in [-0.3, -0.25) is 9.59 Å². The third-order valence-electron chi connectivity index (χ3n) is 4.21. The van der Waals surface area contributed by atoms with Crippen LogP contribution < -0.4 is 5.32 Å². The summed E-state index contributed by atoms with van der Waals surface area (Å²) in [6.07, 6.45) is -0.199. The van der Waals surface area contributed by atoms with Crippen LogP contribution in [0, 0.1) is 6.92 Å². The Bertz CT molecular complexity index is 746. The topological polar surface area (TPSA) is 58.6 Å². The van der Waals surface area contributed by atoms with Gasteiger partial charge in [-0.2, -0.15) is 0 Å². The number of aryl methyl sites for hydroxylation is 1. The quantitative estimate of drug-likeness (QED) is 0.909. The summed E-state index contributed by atoms with van der Waals surface area (Å²) in [5.41, 5.74) is 2.76. The highest BCUT2D eigenvalue weighted by molar-refractivity contribution is 5.94. The van der Waals surface area contributed by atoms with E-state index in [1.165, 1.54) is 0 Å². The van der Waals surface area contributed by atoms with E-state index < -0.39 is 0 Å². The summed E-state index contributed by atoms with van der Waals surface area (Å²) < 4.78 is 5.56. The minimum absolute atomic E-state index is 0.0230. The minimum atomic E-state index is -0.199. The fraction of sp³-hybridized carbons (Fsp3) is 0.300. The zero-order chi connectivity index (χ0) is 17.6. The molecule has 1 aliphatic rings. The minimum Gasteiger partial charge on any atom is -0.365 e. The summed E-state index contributed by atoms with van der Waals surface area (Å²) in [6, 6.07) is 17.3. The van der Waals surface area contributed by atoms with Gasteiger partial charge < -0.3 is 15.0 Å². The average molecular weight is 338 g/mol. The monoisotopic (exact) mass is 338 g/mol. The zero-order valence-corrected chi connectivity index (χ0v) is 14.3. The molecular weight excluding hydrogens is 316 g/mol. The largest absolute Gasteiger partial charge is 0.365 e. The molecule has 1 fully saturated rings. The molecule has 1 heterocycles. The molecule has 5 nitrogen and oxygen atoms in total. The van der Waals surface area contributed by atoms with E-state index in [4.69, 9.17) is 4.74 Å². The summed E-state index contributed by atoms with van der Waals surface area (Å²) in [5, 5.41) is 2.89. The van der Waals surface area contributed by atoms with Crippen LogP contribution >= 0.6 is 0 Å². The Hall–Kier alpha value is -2.66. The maximum Gasteiger partial charge on any atom is 0.251 e. The first-order chi connectivity index (χ1) is 12.1. The number of hydrogen-bond donors (Lipinski definition) is 1. The Balaban J connectivity index is 1.54. The number of morpholine rings is 1. The lowest BCUT2D eigenvalue weighted by molar-refractivity contribution is -0.149. The van der Waals surface area contributed by atoms with E-state index in [2.05, 4.69) is 5.32 Å². The van der Waals surface area contributed by atoms with E-state index in [9.17, 15) is 9.59 Å². The van der Waals surface area contributed by atoms with Gasteiger partial charge in [-0.05, 0) is 24.6 Å². The first-order valence-electron chi connectivity index (χ1n) is 8.40. The number of carbonyl (C=O) groups is 2. The Morgan fingerprint density at radius 3 is 2.76 bits per heavy atom. The van der Waals surface area contributed by atoms with E-state index in [0.717, 1.165) is 11.1 Å². The molecule has 1 aliphatic heterocycles. The number of ether oxygens (including phenoxy) is 1. The number of rotatable bonds is 5. The second kappa shape index (κ2) is 7.94. The molecule has 3 rings (SSSR count).